The fourth-order valence-corrected chi connectivity index (χ4v) is 2.28. The lowest BCUT2D eigenvalue weighted by molar-refractivity contribution is 1.17. The maximum Gasteiger partial charge on any atom is 0.177 e. The summed E-state index contributed by atoms with van der Waals surface area (Å²) in [6, 6.07) is 4.08. The summed E-state index contributed by atoms with van der Waals surface area (Å²) in [4.78, 5) is 17.6. The second-order valence-corrected chi connectivity index (χ2v) is 4.96. The van der Waals surface area contributed by atoms with Crippen molar-refractivity contribution >= 4 is 34.5 Å². The van der Waals surface area contributed by atoms with Crippen LogP contribution in [0.25, 0.3) is 11.2 Å². The van der Waals surface area contributed by atoms with Gasteiger partial charge in [0, 0.05) is 9.75 Å². The normalized spacial score (nSPS) is 11.4. The molecule has 90 valence electrons. The number of aryl methyl sites for hydroxylation is 1. The number of imidazole rings is 1. The molecule has 0 atom stereocenters. The molecule has 0 aliphatic carbocycles. The van der Waals surface area contributed by atoms with E-state index in [1.807, 2.05) is 6.07 Å². The summed E-state index contributed by atoms with van der Waals surface area (Å²) in [6.07, 6.45) is 4.81. The van der Waals surface area contributed by atoms with Crippen LogP contribution in [0.2, 0.25) is 0 Å². The summed E-state index contributed by atoms with van der Waals surface area (Å²) < 4.78 is 0. The van der Waals surface area contributed by atoms with Crippen molar-refractivity contribution in [3.05, 3.63) is 34.5 Å². The van der Waals surface area contributed by atoms with Crippen molar-refractivity contribution in [2.24, 2.45) is 5.10 Å². The Morgan fingerprint density at radius 3 is 3.11 bits per heavy atom. The average Bonchev–Trinajstić information content (AvgIpc) is 2.98. The van der Waals surface area contributed by atoms with Gasteiger partial charge in [-0.15, -0.1) is 11.3 Å². The van der Waals surface area contributed by atoms with Gasteiger partial charge >= 0.3 is 0 Å². The van der Waals surface area contributed by atoms with E-state index in [0.29, 0.717) is 17.0 Å². The summed E-state index contributed by atoms with van der Waals surface area (Å²) in [5.74, 6) is 0.589. The van der Waals surface area contributed by atoms with E-state index >= 15 is 0 Å². The quantitative estimate of drug-likeness (QED) is 0.557. The van der Waals surface area contributed by atoms with Crippen molar-refractivity contribution in [1.82, 2.24) is 19.9 Å². The van der Waals surface area contributed by atoms with E-state index in [2.05, 4.69) is 43.5 Å². The molecule has 3 aromatic heterocycles. The van der Waals surface area contributed by atoms with Crippen molar-refractivity contribution in [2.75, 3.05) is 5.43 Å². The number of nitrogens with one attached hydrogen (secondary N) is 2. The van der Waals surface area contributed by atoms with Crippen LogP contribution in [0.3, 0.4) is 0 Å². The lowest BCUT2D eigenvalue weighted by Gasteiger charge is -1.98. The molecule has 3 heterocycles. The summed E-state index contributed by atoms with van der Waals surface area (Å²) >= 11 is 1.68. The Kier molecular flexibility index (Phi) is 2.73. The minimum absolute atomic E-state index is 0.589. The number of thiophene rings is 1. The Hall–Kier alpha value is -2.28. The van der Waals surface area contributed by atoms with Gasteiger partial charge in [0.15, 0.2) is 17.0 Å². The van der Waals surface area contributed by atoms with Gasteiger partial charge in [0.05, 0.1) is 12.5 Å². The predicted molar refractivity (Wildman–Crippen MR) is 72.0 cm³/mol. The largest absolute Gasteiger partial charge is 0.329 e. The highest BCUT2D eigenvalue weighted by Crippen LogP contribution is 2.15. The Balaban J connectivity index is 1.80. The number of aromatic nitrogens is 4. The molecule has 3 rings (SSSR count). The summed E-state index contributed by atoms with van der Waals surface area (Å²) in [7, 11) is 0. The maximum atomic E-state index is 4.15. The molecule has 0 saturated carbocycles. The highest BCUT2D eigenvalue weighted by molar-refractivity contribution is 7.13. The van der Waals surface area contributed by atoms with E-state index in [0.717, 1.165) is 4.88 Å². The van der Waals surface area contributed by atoms with Crippen LogP contribution < -0.4 is 5.43 Å². The van der Waals surface area contributed by atoms with Crippen LogP contribution in [-0.2, 0) is 0 Å². The SMILES string of the molecule is Cc1ccc(/C=N/Nc2ncnc3[nH]cnc23)s1. The van der Waals surface area contributed by atoms with E-state index in [4.69, 9.17) is 0 Å². The van der Waals surface area contributed by atoms with Crippen molar-refractivity contribution in [1.29, 1.82) is 0 Å². The number of aromatic amines is 1. The van der Waals surface area contributed by atoms with Crippen LogP contribution in [0.5, 0.6) is 0 Å². The monoisotopic (exact) mass is 258 g/mol. The number of hydrogen-bond donors (Lipinski definition) is 2. The average molecular weight is 258 g/mol. The lowest BCUT2D eigenvalue weighted by atomic mass is 10.4. The fourth-order valence-electron chi connectivity index (χ4n) is 1.53. The zero-order valence-corrected chi connectivity index (χ0v) is 10.4. The van der Waals surface area contributed by atoms with E-state index in [9.17, 15) is 0 Å². The summed E-state index contributed by atoms with van der Waals surface area (Å²) in [5, 5.41) is 4.15. The van der Waals surface area contributed by atoms with Gasteiger partial charge in [0.1, 0.15) is 6.33 Å². The summed E-state index contributed by atoms with van der Waals surface area (Å²) in [5.41, 5.74) is 4.24. The van der Waals surface area contributed by atoms with Crippen LogP contribution in [0.4, 0.5) is 5.82 Å². The van der Waals surface area contributed by atoms with Crippen LogP contribution >= 0.6 is 11.3 Å². The smallest absolute Gasteiger partial charge is 0.177 e. The highest BCUT2D eigenvalue weighted by Gasteiger charge is 2.03. The molecule has 0 fully saturated rings. The van der Waals surface area contributed by atoms with Crippen molar-refractivity contribution < 1.29 is 0 Å². The van der Waals surface area contributed by atoms with Gasteiger partial charge in [-0.25, -0.2) is 15.0 Å². The van der Waals surface area contributed by atoms with Crippen LogP contribution in [0.15, 0.2) is 29.9 Å². The third kappa shape index (κ3) is 2.07. The van der Waals surface area contributed by atoms with E-state index in [1.54, 1.807) is 23.9 Å². The molecule has 0 aromatic carbocycles. The Labute approximate surface area is 107 Å². The maximum absolute atomic E-state index is 4.15. The number of nitrogens with zero attached hydrogens (tertiary/aromatic N) is 4. The molecule has 18 heavy (non-hydrogen) atoms. The zero-order chi connectivity index (χ0) is 12.4. The van der Waals surface area contributed by atoms with Crippen molar-refractivity contribution in [3.63, 3.8) is 0 Å². The molecule has 0 spiro atoms. The fraction of sp³-hybridized carbons (Fsp3) is 0.0909. The molecule has 2 N–H and O–H groups in total. The summed E-state index contributed by atoms with van der Waals surface area (Å²) in [6.45, 7) is 2.06. The van der Waals surface area contributed by atoms with E-state index in [1.165, 1.54) is 11.2 Å². The molecule has 6 nitrogen and oxygen atoms in total. The molecule has 0 aliphatic rings. The Morgan fingerprint density at radius 2 is 2.28 bits per heavy atom. The Morgan fingerprint density at radius 1 is 1.33 bits per heavy atom. The molecule has 0 unspecified atom stereocenters. The minimum Gasteiger partial charge on any atom is -0.329 e. The second-order valence-electron chi connectivity index (χ2n) is 3.64. The van der Waals surface area contributed by atoms with Gasteiger partial charge in [0.25, 0.3) is 0 Å². The van der Waals surface area contributed by atoms with Crippen molar-refractivity contribution in [3.8, 4) is 0 Å². The highest BCUT2D eigenvalue weighted by atomic mass is 32.1. The van der Waals surface area contributed by atoms with Gasteiger partial charge in [0.2, 0.25) is 0 Å². The third-order valence-electron chi connectivity index (χ3n) is 2.34. The first-order valence-corrected chi connectivity index (χ1v) is 6.14. The minimum atomic E-state index is 0.589. The zero-order valence-electron chi connectivity index (χ0n) is 9.58. The molecular weight excluding hydrogens is 248 g/mol. The van der Waals surface area contributed by atoms with E-state index in [-0.39, 0.29) is 0 Å². The van der Waals surface area contributed by atoms with Gasteiger partial charge in [-0.1, -0.05) is 0 Å². The first kappa shape index (κ1) is 10.8. The van der Waals surface area contributed by atoms with E-state index < -0.39 is 0 Å². The Bertz CT molecular complexity index is 698. The number of hydrogen-bond acceptors (Lipinski definition) is 6. The van der Waals surface area contributed by atoms with Gasteiger partial charge in [-0.3, -0.25) is 5.43 Å². The van der Waals surface area contributed by atoms with Gasteiger partial charge < -0.3 is 4.98 Å². The van der Waals surface area contributed by atoms with Crippen LogP contribution in [-0.4, -0.2) is 26.2 Å². The van der Waals surface area contributed by atoms with Crippen molar-refractivity contribution in [2.45, 2.75) is 6.92 Å². The predicted octanol–water partition coefficient (Wildman–Crippen LogP) is 2.17. The lowest BCUT2D eigenvalue weighted by Crippen LogP contribution is -1.95. The third-order valence-corrected chi connectivity index (χ3v) is 3.28. The molecule has 0 radical (unpaired) electrons. The standard InChI is InChI=1S/C11H10N6S/c1-7-2-3-8(18-7)4-16-17-11-9-10(13-5-12-9)14-6-15-11/h2-6H,1H3,(H2,12,13,14,15,17)/b16-4+. The first-order chi connectivity index (χ1) is 8.83. The number of anilines is 1. The number of H-pyrrole nitrogens is 1. The number of fused-ring (bicyclic) bond motifs is 1. The molecule has 7 heteroatoms. The first-order valence-electron chi connectivity index (χ1n) is 5.32. The molecule has 0 amide bonds. The van der Waals surface area contributed by atoms with Crippen LogP contribution in [0.1, 0.15) is 9.75 Å². The molecule has 0 saturated heterocycles. The molecule has 0 aliphatic heterocycles. The molecule has 3 aromatic rings. The number of rotatable bonds is 3. The van der Waals surface area contributed by atoms with Crippen LogP contribution in [0, 0.1) is 6.92 Å². The molecule has 0 bridgehead atoms. The second kappa shape index (κ2) is 4.53. The number of hydrazone groups is 1. The topological polar surface area (TPSA) is 78.9 Å². The van der Waals surface area contributed by atoms with Gasteiger partial charge in [-0.05, 0) is 19.1 Å². The molecular formula is C11H10N6S. The van der Waals surface area contributed by atoms with Gasteiger partial charge in [-0.2, -0.15) is 5.10 Å².